The van der Waals surface area contributed by atoms with Crippen molar-refractivity contribution in [2.75, 3.05) is 0 Å². The van der Waals surface area contributed by atoms with Crippen LogP contribution in [0.15, 0.2) is 75.9 Å². The average Bonchev–Trinajstić information content (AvgIpc) is 2.49. The maximum Gasteiger partial charge on any atom is 0.165 e. The summed E-state index contributed by atoms with van der Waals surface area (Å²) in [6, 6.07) is 5.97. The highest BCUT2D eigenvalue weighted by Gasteiger charge is 2.36. The normalized spacial score (nSPS) is 11.5. The summed E-state index contributed by atoms with van der Waals surface area (Å²) in [6.45, 7) is 23.5. The molecule has 0 amide bonds. The minimum atomic E-state index is -1.70. The highest BCUT2D eigenvalue weighted by molar-refractivity contribution is 8.36. The van der Waals surface area contributed by atoms with Gasteiger partial charge >= 0.3 is 0 Å². The van der Waals surface area contributed by atoms with Crippen LogP contribution in [0.4, 0.5) is 0 Å². The lowest BCUT2D eigenvalue weighted by Crippen LogP contribution is -2.31. The maximum absolute atomic E-state index is 6.15. The first-order valence-corrected chi connectivity index (χ1v) is 15.9. The highest BCUT2D eigenvalue weighted by Crippen LogP contribution is 2.43. The van der Waals surface area contributed by atoms with Gasteiger partial charge in [0.05, 0.1) is 0 Å². The second kappa shape index (κ2) is 12.9. The summed E-state index contributed by atoms with van der Waals surface area (Å²) in [7, 11) is -3.40. The lowest BCUT2D eigenvalue weighted by atomic mass is 10.7. The van der Waals surface area contributed by atoms with Gasteiger partial charge in [-0.1, -0.05) is 36.5 Å². The van der Waals surface area contributed by atoms with Gasteiger partial charge in [-0.2, -0.15) is 0 Å². The van der Waals surface area contributed by atoms with E-state index in [9.17, 15) is 0 Å². The van der Waals surface area contributed by atoms with Gasteiger partial charge in [-0.05, 0) is 59.2 Å². The molecule has 0 aromatic rings. The monoisotopic (exact) mass is 382 g/mol. The van der Waals surface area contributed by atoms with E-state index < -0.39 is 14.4 Å². The first-order chi connectivity index (χ1) is 11.1. The molecule has 0 aliphatic heterocycles. The van der Waals surface area contributed by atoms with Crippen LogP contribution in [0, 0.1) is 0 Å². The standard InChI is InChI=1S/C18H30OS2Si2/c1-7-13-22(14-8-2,15-9-3)20-19-21-23(16-10-4,17-11-5)18-12-6/h7-12H,1-6,13-18H2. The third-order valence-corrected chi connectivity index (χ3v) is 17.3. The number of allylic oxidation sites excluding steroid dienone is 6. The Kier molecular flexibility index (Phi) is 12.6. The molecule has 0 heterocycles. The maximum atomic E-state index is 6.15. The van der Waals surface area contributed by atoms with Crippen LogP contribution in [-0.2, 0) is 3.63 Å². The van der Waals surface area contributed by atoms with Crippen LogP contribution in [0.25, 0.3) is 0 Å². The fraction of sp³-hybridized carbons (Fsp3) is 0.333. The smallest absolute Gasteiger partial charge is 0.165 e. The predicted octanol–water partition coefficient (Wildman–Crippen LogP) is 7.31. The van der Waals surface area contributed by atoms with E-state index >= 15 is 0 Å². The Morgan fingerprint density at radius 2 is 0.739 bits per heavy atom. The Morgan fingerprint density at radius 3 is 0.913 bits per heavy atom. The molecule has 0 aromatic carbocycles. The van der Waals surface area contributed by atoms with Crippen LogP contribution in [0.5, 0.6) is 0 Å². The van der Waals surface area contributed by atoms with E-state index in [1.165, 1.54) is 0 Å². The highest BCUT2D eigenvalue weighted by atomic mass is 32.4. The second-order valence-electron chi connectivity index (χ2n) is 5.56. The molecule has 0 N–H and O–H groups in total. The number of hydrogen-bond donors (Lipinski definition) is 0. The zero-order valence-corrected chi connectivity index (χ0v) is 17.8. The van der Waals surface area contributed by atoms with Crippen molar-refractivity contribution >= 4 is 37.4 Å². The van der Waals surface area contributed by atoms with Crippen molar-refractivity contribution < 1.29 is 3.63 Å². The lowest BCUT2D eigenvalue weighted by molar-refractivity contribution is 0.777. The van der Waals surface area contributed by atoms with Crippen molar-refractivity contribution in [3.63, 3.8) is 0 Å². The quantitative estimate of drug-likeness (QED) is 0.157. The van der Waals surface area contributed by atoms with Crippen LogP contribution in [0.3, 0.4) is 0 Å². The van der Waals surface area contributed by atoms with Gasteiger partial charge in [-0.25, -0.2) is 0 Å². The molecule has 0 fully saturated rings. The summed E-state index contributed by atoms with van der Waals surface area (Å²) < 4.78 is 6.15. The second-order valence-corrected chi connectivity index (χ2v) is 19.8. The molecule has 5 heteroatoms. The van der Waals surface area contributed by atoms with Gasteiger partial charge in [-0.15, -0.1) is 39.5 Å². The van der Waals surface area contributed by atoms with Crippen LogP contribution in [0.1, 0.15) is 0 Å². The van der Waals surface area contributed by atoms with E-state index in [-0.39, 0.29) is 0 Å². The molecule has 0 aliphatic rings. The number of rotatable bonds is 16. The van der Waals surface area contributed by atoms with Crippen LogP contribution >= 0.6 is 23.0 Å². The predicted molar refractivity (Wildman–Crippen MR) is 118 cm³/mol. The van der Waals surface area contributed by atoms with E-state index in [0.717, 1.165) is 36.3 Å². The van der Waals surface area contributed by atoms with Crippen molar-refractivity contribution in [2.45, 2.75) is 36.3 Å². The minimum Gasteiger partial charge on any atom is -0.261 e. The number of hydrogen-bond acceptors (Lipinski definition) is 3. The molecule has 0 saturated carbocycles. The van der Waals surface area contributed by atoms with Gasteiger partial charge in [0.2, 0.25) is 0 Å². The molecular formula is C18H30OS2Si2. The fourth-order valence-electron chi connectivity index (χ4n) is 2.44. The molecule has 0 bridgehead atoms. The summed E-state index contributed by atoms with van der Waals surface area (Å²) in [5.74, 6) is 0. The first-order valence-electron chi connectivity index (χ1n) is 7.76. The molecule has 0 saturated heterocycles. The molecular weight excluding hydrogens is 353 g/mol. The van der Waals surface area contributed by atoms with E-state index in [2.05, 4.69) is 39.5 Å². The molecule has 0 radical (unpaired) electrons. The van der Waals surface area contributed by atoms with E-state index in [1.807, 2.05) is 36.5 Å². The van der Waals surface area contributed by atoms with E-state index in [0.29, 0.717) is 0 Å². The molecule has 0 rings (SSSR count). The fourth-order valence-corrected chi connectivity index (χ4v) is 15.5. The summed E-state index contributed by atoms with van der Waals surface area (Å²) in [4.78, 5) is 0. The largest absolute Gasteiger partial charge is 0.261 e. The molecule has 128 valence electrons. The van der Waals surface area contributed by atoms with Crippen LogP contribution in [-0.4, -0.2) is 14.4 Å². The third-order valence-electron chi connectivity index (χ3n) is 3.52. The van der Waals surface area contributed by atoms with Gasteiger partial charge in [0.15, 0.2) is 14.4 Å². The van der Waals surface area contributed by atoms with Gasteiger partial charge < -0.3 is 0 Å². The SMILES string of the molecule is C=CC[Si](CC=C)(CC=C)SOS[Si](CC=C)(CC=C)CC=C. The summed E-state index contributed by atoms with van der Waals surface area (Å²) in [5.41, 5.74) is 0. The van der Waals surface area contributed by atoms with Gasteiger partial charge in [-0.3, -0.25) is 3.63 Å². The molecule has 0 spiro atoms. The molecule has 0 unspecified atom stereocenters. The Bertz CT molecular complexity index is 330. The van der Waals surface area contributed by atoms with Crippen molar-refractivity contribution in [3.05, 3.63) is 75.9 Å². The van der Waals surface area contributed by atoms with Crippen molar-refractivity contribution in [1.29, 1.82) is 0 Å². The van der Waals surface area contributed by atoms with Gasteiger partial charge in [0.1, 0.15) is 0 Å². The van der Waals surface area contributed by atoms with Crippen molar-refractivity contribution in [3.8, 4) is 0 Å². The average molecular weight is 383 g/mol. The Morgan fingerprint density at radius 1 is 0.522 bits per heavy atom. The Labute approximate surface area is 153 Å². The van der Waals surface area contributed by atoms with E-state index in [4.69, 9.17) is 3.63 Å². The zero-order valence-electron chi connectivity index (χ0n) is 14.2. The summed E-state index contributed by atoms with van der Waals surface area (Å²) >= 11 is 3.33. The molecule has 0 atom stereocenters. The molecule has 0 aromatic heterocycles. The Hall–Kier alpha value is -0.466. The van der Waals surface area contributed by atoms with E-state index in [1.54, 1.807) is 23.0 Å². The molecule has 23 heavy (non-hydrogen) atoms. The van der Waals surface area contributed by atoms with Crippen LogP contribution in [0.2, 0.25) is 36.3 Å². The van der Waals surface area contributed by atoms with Gasteiger partial charge in [0, 0.05) is 0 Å². The molecule has 0 aliphatic carbocycles. The van der Waals surface area contributed by atoms with Gasteiger partial charge in [0.25, 0.3) is 0 Å². The minimum absolute atomic E-state index is 0.995. The van der Waals surface area contributed by atoms with Crippen LogP contribution < -0.4 is 0 Å². The molecule has 1 nitrogen and oxygen atoms in total. The van der Waals surface area contributed by atoms with Crippen molar-refractivity contribution in [2.24, 2.45) is 0 Å². The third kappa shape index (κ3) is 8.26. The first kappa shape index (κ1) is 22.5. The topological polar surface area (TPSA) is 9.23 Å². The Balaban J connectivity index is 5.02. The summed E-state index contributed by atoms with van der Waals surface area (Å²) in [6.07, 6.45) is 12.0. The van der Waals surface area contributed by atoms with Crippen molar-refractivity contribution in [1.82, 2.24) is 0 Å². The summed E-state index contributed by atoms with van der Waals surface area (Å²) in [5, 5.41) is 0. The zero-order chi connectivity index (χ0) is 17.6. The lowest BCUT2D eigenvalue weighted by Gasteiger charge is -2.30.